The Morgan fingerprint density at radius 3 is 2.50 bits per heavy atom. The van der Waals surface area contributed by atoms with Gasteiger partial charge >= 0.3 is 0 Å². The van der Waals surface area contributed by atoms with Crippen LogP contribution >= 0.6 is 0 Å². The summed E-state index contributed by atoms with van der Waals surface area (Å²) in [4.78, 5) is 22.2. The number of nitrogens with zero attached hydrogens (tertiary/aromatic N) is 4. The van der Waals surface area contributed by atoms with Crippen LogP contribution in [0.1, 0.15) is 47.8 Å². The Morgan fingerprint density at radius 2 is 1.80 bits per heavy atom. The summed E-state index contributed by atoms with van der Waals surface area (Å²) in [6.45, 7) is 4.38. The lowest BCUT2D eigenvalue weighted by Crippen LogP contribution is -2.38. The first-order chi connectivity index (χ1) is 19.3. The monoisotopic (exact) mass is 545 g/mol. The number of para-hydroxylation sites is 1. The third-order valence-corrected chi connectivity index (χ3v) is 7.74. The lowest BCUT2D eigenvalue weighted by Gasteiger charge is -2.22. The van der Waals surface area contributed by atoms with E-state index >= 15 is 0 Å². The number of aromatic nitrogens is 4. The molecule has 2 aromatic heterocycles. The van der Waals surface area contributed by atoms with Gasteiger partial charge in [-0.05, 0) is 74.4 Å². The Hall–Kier alpha value is -3.98. The van der Waals surface area contributed by atoms with E-state index in [0.717, 1.165) is 47.8 Å². The van der Waals surface area contributed by atoms with Crippen molar-refractivity contribution < 1.29 is 18.3 Å². The van der Waals surface area contributed by atoms with Crippen molar-refractivity contribution in [1.82, 2.24) is 25.1 Å². The second kappa shape index (κ2) is 12.0. The number of nitrogens with one attached hydrogen (secondary N) is 1. The van der Waals surface area contributed by atoms with Gasteiger partial charge in [0.25, 0.3) is 0 Å². The number of benzene rings is 2. The third-order valence-electron chi connectivity index (χ3n) is 7.74. The topological polar surface area (TPSA) is 81.9 Å². The smallest absolute Gasteiger partial charge is 0.226 e. The minimum atomic E-state index is -0.877. The van der Waals surface area contributed by atoms with Crippen molar-refractivity contribution >= 4 is 5.91 Å². The molecule has 2 heterocycles. The van der Waals surface area contributed by atoms with Crippen LogP contribution in [0.25, 0.3) is 16.9 Å². The van der Waals surface area contributed by atoms with E-state index < -0.39 is 11.6 Å². The van der Waals surface area contributed by atoms with Crippen molar-refractivity contribution in [2.24, 2.45) is 5.92 Å². The number of halogens is 2. The number of hydrogen-bond acceptors (Lipinski definition) is 5. The van der Waals surface area contributed by atoms with Crippen LogP contribution in [0.3, 0.4) is 0 Å². The molecular weight excluding hydrogens is 512 g/mol. The van der Waals surface area contributed by atoms with Gasteiger partial charge in [0.15, 0.2) is 11.6 Å². The van der Waals surface area contributed by atoms with E-state index in [2.05, 4.69) is 15.3 Å². The molecule has 0 spiro atoms. The number of methoxy groups -OCH3 is 1. The zero-order valence-electron chi connectivity index (χ0n) is 22.9. The molecule has 0 unspecified atom stereocenters. The fourth-order valence-electron chi connectivity index (χ4n) is 5.65. The molecule has 0 bridgehead atoms. The van der Waals surface area contributed by atoms with Crippen LogP contribution in [0.4, 0.5) is 8.78 Å². The van der Waals surface area contributed by atoms with Gasteiger partial charge in [0, 0.05) is 43.6 Å². The van der Waals surface area contributed by atoms with Crippen LogP contribution in [0.15, 0.2) is 60.9 Å². The van der Waals surface area contributed by atoms with Gasteiger partial charge in [0.05, 0.1) is 23.5 Å². The lowest BCUT2D eigenvalue weighted by molar-refractivity contribution is -0.121. The molecule has 2 aromatic carbocycles. The zero-order valence-corrected chi connectivity index (χ0v) is 22.9. The Kier molecular flexibility index (Phi) is 8.30. The molecular formula is C31H33F2N5O2. The van der Waals surface area contributed by atoms with Gasteiger partial charge < -0.3 is 10.1 Å². The number of aryl methyl sites for hydroxylation is 1. The Bertz CT molecular complexity index is 1470. The second-order valence-corrected chi connectivity index (χ2v) is 10.4. The number of hydrogen-bond donors (Lipinski definition) is 1. The summed E-state index contributed by atoms with van der Waals surface area (Å²) in [5.74, 6) is -1.07. The lowest BCUT2D eigenvalue weighted by atomic mass is 9.93. The first kappa shape index (κ1) is 27.6. The number of amides is 1. The van der Waals surface area contributed by atoms with E-state index in [9.17, 15) is 13.6 Å². The molecule has 0 aliphatic heterocycles. The van der Waals surface area contributed by atoms with Crippen LogP contribution in [0.5, 0.6) is 0 Å². The third kappa shape index (κ3) is 5.94. The summed E-state index contributed by atoms with van der Waals surface area (Å²) in [5, 5.41) is 8.07. The molecule has 0 saturated heterocycles. The number of ether oxygens (including phenoxy) is 1. The highest BCUT2D eigenvalue weighted by Gasteiger charge is 2.36. The van der Waals surface area contributed by atoms with Crippen LogP contribution < -0.4 is 5.32 Å². The first-order valence-corrected chi connectivity index (χ1v) is 13.5. The largest absolute Gasteiger partial charge is 0.385 e. The minimum absolute atomic E-state index is 0.101. The van der Waals surface area contributed by atoms with Crippen molar-refractivity contribution in [2.75, 3.05) is 13.7 Å². The summed E-state index contributed by atoms with van der Waals surface area (Å²) in [6, 6.07) is 13.5. The molecule has 9 heteroatoms. The molecule has 5 rings (SSSR count). The molecule has 0 radical (unpaired) electrons. The van der Waals surface area contributed by atoms with E-state index in [1.54, 1.807) is 30.3 Å². The average molecular weight is 546 g/mol. The van der Waals surface area contributed by atoms with Gasteiger partial charge in [-0.25, -0.2) is 23.4 Å². The fraction of sp³-hybridized carbons (Fsp3) is 0.355. The summed E-state index contributed by atoms with van der Waals surface area (Å²) in [5.41, 5.74) is 4.65. The van der Waals surface area contributed by atoms with E-state index in [0.29, 0.717) is 29.6 Å². The predicted molar refractivity (Wildman–Crippen MR) is 148 cm³/mol. The molecule has 4 aromatic rings. The molecule has 1 amide bonds. The Morgan fingerprint density at radius 1 is 1.05 bits per heavy atom. The normalized spacial score (nSPS) is 18.7. The van der Waals surface area contributed by atoms with Crippen LogP contribution in [-0.2, 0) is 16.0 Å². The Labute approximate surface area is 232 Å². The molecule has 1 saturated carbocycles. The van der Waals surface area contributed by atoms with E-state index in [1.807, 2.05) is 44.2 Å². The zero-order chi connectivity index (χ0) is 28.2. The standard InChI is InChI=1S/C31H33F2N5O2/c1-19-29(38(24-7-5-4-6-8-24)37-31(19)23-17-34-20(2)35-18-23)16-30(39)36-28-14-21(11-12-40-3)13-25(28)22-9-10-26(32)27(33)15-22/h4-10,15,17-18,21,25,28H,11-14,16H2,1-3H3,(H,36,39)/t21-,25-,28+/m0/s1. The summed E-state index contributed by atoms with van der Waals surface area (Å²) in [7, 11) is 1.66. The van der Waals surface area contributed by atoms with E-state index in [1.165, 1.54) is 6.07 Å². The molecule has 1 fully saturated rings. The van der Waals surface area contributed by atoms with Crippen molar-refractivity contribution in [3.05, 3.63) is 95.2 Å². The van der Waals surface area contributed by atoms with Gasteiger partial charge in [-0.1, -0.05) is 24.3 Å². The van der Waals surface area contributed by atoms with Crippen molar-refractivity contribution in [3.63, 3.8) is 0 Å². The van der Waals surface area contributed by atoms with Gasteiger partial charge in [0.2, 0.25) is 5.91 Å². The van der Waals surface area contributed by atoms with Gasteiger partial charge in [-0.3, -0.25) is 4.79 Å². The molecule has 1 aliphatic rings. The maximum absolute atomic E-state index is 14.1. The Balaban J connectivity index is 1.42. The maximum atomic E-state index is 14.1. The predicted octanol–water partition coefficient (Wildman–Crippen LogP) is 5.48. The quantitative estimate of drug-likeness (QED) is 0.301. The summed E-state index contributed by atoms with van der Waals surface area (Å²) >= 11 is 0. The van der Waals surface area contributed by atoms with Crippen LogP contribution in [0.2, 0.25) is 0 Å². The highest BCUT2D eigenvalue weighted by molar-refractivity contribution is 5.80. The average Bonchev–Trinajstić information content (AvgIpc) is 3.50. The minimum Gasteiger partial charge on any atom is -0.385 e. The molecule has 40 heavy (non-hydrogen) atoms. The number of rotatable bonds is 9. The van der Waals surface area contributed by atoms with Crippen molar-refractivity contribution in [3.8, 4) is 16.9 Å². The van der Waals surface area contributed by atoms with E-state index in [-0.39, 0.29) is 24.3 Å². The SMILES string of the molecule is COCC[C@@H]1C[C@@H](NC(=O)Cc2c(C)c(-c3cnc(C)nc3)nn2-c2ccccc2)[C@H](c2ccc(F)c(F)c2)C1. The van der Waals surface area contributed by atoms with E-state index in [4.69, 9.17) is 9.84 Å². The van der Waals surface area contributed by atoms with Crippen LogP contribution in [-0.4, -0.2) is 45.4 Å². The second-order valence-electron chi connectivity index (χ2n) is 10.4. The molecule has 208 valence electrons. The first-order valence-electron chi connectivity index (χ1n) is 13.5. The summed E-state index contributed by atoms with van der Waals surface area (Å²) in [6.07, 6.45) is 5.92. The highest BCUT2D eigenvalue weighted by Crippen LogP contribution is 2.40. The number of carbonyl (C=O) groups excluding carboxylic acids is 1. The molecule has 3 atom stereocenters. The highest BCUT2D eigenvalue weighted by atomic mass is 19.2. The maximum Gasteiger partial charge on any atom is 0.226 e. The van der Waals surface area contributed by atoms with Crippen molar-refractivity contribution in [1.29, 1.82) is 0 Å². The molecule has 1 N–H and O–H groups in total. The van der Waals surface area contributed by atoms with Crippen LogP contribution in [0, 0.1) is 31.4 Å². The molecule has 7 nitrogen and oxygen atoms in total. The van der Waals surface area contributed by atoms with Gasteiger partial charge in [0.1, 0.15) is 5.82 Å². The van der Waals surface area contributed by atoms with Gasteiger partial charge in [-0.2, -0.15) is 5.10 Å². The summed E-state index contributed by atoms with van der Waals surface area (Å²) < 4.78 is 34.9. The van der Waals surface area contributed by atoms with Crippen molar-refractivity contribution in [2.45, 2.75) is 51.5 Å². The fourth-order valence-corrected chi connectivity index (χ4v) is 5.65. The van der Waals surface area contributed by atoms with Gasteiger partial charge in [-0.15, -0.1) is 0 Å². The molecule has 1 aliphatic carbocycles. The number of carbonyl (C=O) groups is 1.